The molecule has 1 aliphatic heterocycles. The lowest BCUT2D eigenvalue weighted by atomic mass is 10.1. The number of primary amides is 1. The maximum absolute atomic E-state index is 12.7. The van der Waals surface area contributed by atoms with Gasteiger partial charge in [-0.3, -0.25) is 4.79 Å². The second kappa shape index (κ2) is 8.84. The van der Waals surface area contributed by atoms with Crippen LogP contribution in [0.1, 0.15) is 18.1 Å². The molecule has 0 aromatic heterocycles. The molecule has 0 aliphatic carbocycles. The molecule has 1 heterocycles. The second-order valence-electron chi connectivity index (χ2n) is 6.65. The fraction of sp³-hybridized carbons (Fsp3) is 0.300. The third-order valence-electron chi connectivity index (χ3n) is 4.69. The average molecular weight is 403 g/mol. The molecule has 2 amide bonds. The van der Waals surface area contributed by atoms with Gasteiger partial charge in [0.15, 0.2) is 0 Å². The molecular formula is C20H23ClN4O3. The highest BCUT2D eigenvalue weighted by Gasteiger charge is 2.26. The van der Waals surface area contributed by atoms with E-state index < -0.39 is 12.2 Å². The Morgan fingerprint density at radius 3 is 2.36 bits per heavy atom. The van der Waals surface area contributed by atoms with Crippen molar-refractivity contribution in [3.63, 3.8) is 0 Å². The summed E-state index contributed by atoms with van der Waals surface area (Å²) in [5.41, 5.74) is 13.3. The molecule has 2 aromatic carbocycles. The molecule has 3 rings (SSSR count). The van der Waals surface area contributed by atoms with Crippen LogP contribution in [-0.4, -0.2) is 43.1 Å². The van der Waals surface area contributed by atoms with Crippen molar-refractivity contribution < 1.29 is 14.3 Å². The van der Waals surface area contributed by atoms with Gasteiger partial charge in [-0.15, -0.1) is 0 Å². The van der Waals surface area contributed by atoms with E-state index in [0.29, 0.717) is 36.9 Å². The number of nitrogens with two attached hydrogens (primary N) is 2. The van der Waals surface area contributed by atoms with Crippen LogP contribution in [0.4, 0.5) is 16.2 Å². The Bertz CT molecular complexity index is 818. The normalized spacial score (nSPS) is 15.2. The summed E-state index contributed by atoms with van der Waals surface area (Å²) in [5, 5.41) is 0.586. The molecule has 1 atom stereocenters. The van der Waals surface area contributed by atoms with E-state index in [1.165, 1.54) is 0 Å². The van der Waals surface area contributed by atoms with Gasteiger partial charge in [-0.05, 0) is 23.8 Å². The first-order valence-electron chi connectivity index (χ1n) is 9.02. The summed E-state index contributed by atoms with van der Waals surface area (Å²) in [4.78, 5) is 27.9. The molecule has 148 valence electrons. The zero-order valence-electron chi connectivity index (χ0n) is 15.4. The van der Waals surface area contributed by atoms with E-state index in [2.05, 4.69) is 4.90 Å². The highest BCUT2D eigenvalue weighted by Crippen LogP contribution is 2.26. The molecule has 1 fully saturated rings. The van der Waals surface area contributed by atoms with Gasteiger partial charge in [-0.25, -0.2) is 4.79 Å². The SMILES string of the molecule is NC(=O)OC(CC(=O)N1CCN(c2cc(N)cc(Cl)c2)CC1)c1ccccc1. The van der Waals surface area contributed by atoms with E-state index in [-0.39, 0.29) is 12.3 Å². The van der Waals surface area contributed by atoms with E-state index in [1.54, 1.807) is 11.0 Å². The van der Waals surface area contributed by atoms with Gasteiger partial charge in [0.25, 0.3) is 0 Å². The topological polar surface area (TPSA) is 102 Å². The van der Waals surface area contributed by atoms with Gasteiger partial charge in [-0.2, -0.15) is 0 Å². The lowest BCUT2D eigenvalue weighted by Crippen LogP contribution is -2.49. The number of nitrogen functional groups attached to an aromatic ring is 1. The number of amides is 2. The summed E-state index contributed by atoms with van der Waals surface area (Å²) in [6.07, 6.45) is -1.54. The maximum atomic E-state index is 12.7. The summed E-state index contributed by atoms with van der Waals surface area (Å²) in [5.74, 6) is -0.0830. The molecule has 1 unspecified atom stereocenters. The second-order valence-corrected chi connectivity index (χ2v) is 7.09. The van der Waals surface area contributed by atoms with Crippen LogP contribution >= 0.6 is 11.6 Å². The summed E-state index contributed by atoms with van der Waals surface area (Å²) in [6.45, 7) is 2.45. The van der Waals surface area contributed by atoms with E-state index in [9.17, 15) is 9.59 Å². The number of piperazine rings is 1. The van der Waals surface area contributed by atoms with Gasteiger partial charge in [0.05, 0.1) is 6.42 Å². The first-order chi connectivity index (χ1) is 13.4. The summed E-state index contributed by atoms with van der Waals surface area (Å²) in [7, 11) is 0. The highest BCUT2D eigenvalue weighted by molar-refractivity contribution is 6.31. The van der Waals surface area contributed by atoms with Crippen molar-refractivity contribution >= 4 is 35.0 Å². The Balaban J connectivity index is 1.61. The summed E-state index contributed by atoms with van der Waals surface area (Å²) < 4.78 is 5.17. The van der Waals surface area contributed by atoms with Crippen LogP contribution in [-0.2, 0) is 9.53 Å². The molecular weight excluding hydrogens is 380 g/mol. The largest absolute Gasteiger partial charge is 0.441 e. The standard InChI is InChI=1S/C20H23ClN4O3/c21-15-10-16(22)12-17(11-15)24-6-8-25(9-7-24)19(26)13-18(28-20(23)27)14-4-2-1-3-5-14/h1-5,10-12,18H,6-9,13,22H2,(H2,23,27). The fourth-order valence-corrected chi connectivity index (χ4v) is 3.55. The number of ether oxygens (including phenoxy) is 1. The first kappa shape index (κ1) is 19.8. The minimum absolute atomic E-state index is 0.0526. The number of carbonyl (C=O) groups excluding carboxylic acids is 2. The van der Waals surface area contributed by atoms with Crippen molar-refractivity contribution in [2.75, 3.05) is 36.8 Å². The minimum Gasteiger partial charge on any atom is -0.441 e. The van der Waals surface area contributed by atoms with Crippen molar-refractivity contribution in [2.24, 2.45) is 5.73 Å². The van der Waals surface area contributed by atoms with Crippen molar-refractivity contribution in [3.05, 3.63) is 59.1 Å². The van der Waals surface area contributed by atoms with E-state index in [1.807, 2.05) is 42.5 Å². The molecule has 28 heavy (non-hydrogen) atoms. The van der Waals surface area contributed by atoms with Gasteiger partial charge in [-0.1, -0.05) is 41.9 Å². The minimum atomic E-state index is -0.898. The van der Waals surface area contributed by atoms with Crippen LogP contribution in [0.2, 0.25) is 5.02 Å². The Morgan fingerprint density at radius 1 is 1.07 bits per heavy atom. The number of halogens is 1. The number of benzene rings is 2. The third-order valence-corrected chi connectivity index (χ3v) is 4.91. The molecule has 0 bridgehead atoms. The molecule has 7 nitrogen and oxygen atoms in total. The molecule has 0 saturated carbocycles. The third kappa shape index (κ3) is 5.07. The first-order valence-corrected chi connectivity index (χ1v) is 9.40. The number of hydrogen-bond acceptors (Lipinski definition) is 5. The van der Waals surface area contributed by atoms with Crippen molar-refractivity contribution in [1.82, 2.24) is 4.90 Å². The maximum Gasteiger partial charge on any atom is 0.405 e. The van der Waals surface area contributed by atoms with Crippen LogP contribution in [0.25, 0.3) is 0 Å². The van der Waals surface area contributed by atoms with Crippen LogP contribution in [0.5, 0.6) is 0 Å². The van der Waals surface area contributed by atoms with Crippen LogP contribution in [0.15, 0.2) is 48.5 Å². The van der Waals surface area contributed by atoms with Crippen LogP contribution in [0, 0.1) is 0 Å². The zero-order valence-corrected chi connectivity index (χ0v) is 16.1. The van der Waals surface area contributed by atoms with Gasteiger partial charge < -0.3 is 26.0 Å². The van der Waals surface area contributed by atoms with Crippen molar-refractivity contribution in [2.45, 2.75) is 12.5 Å². The van der Waals surface area contributed by atoms with E-state index >= 15 is 0 Å². The van der Waals surface area contributed by atoms with Crippen molar-refractivity contribution in [1.29, 1.82) is 0 Å². The molecule has 0 spiro atoms. The lowest BCUT2D eigenvalue weighted by Gasteiger charge is -2.36. The number of hydrogen-bond donors (Lipinski definition) is 2. The molecule has 1 saturated heterocycles. The van der Waals surface area contributed by atoms with Gasteiger partial charge in [0.1, 0.15) is 6.10 Å². The Hall–Kier alpha value is -2.93. The van der Waals surface area contributed by atoms with Crippen LogP contribution in [0.3, 0.4) is 0 Å². The molecule has 8 heteroatoms. The van der Waals surface area contributed by atoms with Crippen molar-refractivity contribution in [3.8, 4) is 0 Å². The monoisotopic (exact) mass is 402 g/mol. The quantitative estimate of drug-likeness (QED) is 0.748. The number of nitrogens with zero attached hydrogens (tertiary/aromatic N) is 2. The van der Waals surface area contributed by atoms with Crippen LogP contribution < -0.4 is 16.4 Å². The molecule has 1 aliphatic rings. The Labute approximate surface area is 168 Å². The fourth-order valence-electron chi connectivity index (χ4n) is 3.32. The predicted molar refractivity (Wildman–Crippen MR) is 109 cm³/mol. The number of rotatable bonds is 5. The van der Waals surface area contributed by atoms with Gasteiger partial charge in [0, 0.05) is 42.6 Å². The van der Waals surface area contributed by atoms with E-state index in [4.69, 9.17) is 27.8 Å². The predicted octanol–water partition coefficient (Wildman–Crippen LogP) is 2.80. The summed E-state index contributed by atoms with van der Waals surface area (Å²) >= 11 is 6.08. The average Bonchev–Trinajstić information content (AvgIpc) is 2.67. The lowest BCUT2D eigenvalue weighted by molar-refractivity contribution is -0.133. The number of anilines is 2. The Kier molecular flexibility index (Phi) is 6.26. The molecule has 4 N–H and O–H groups in total. The number of carbonyl (C=O) groups is 2. The smallest absolute Gasteiger partial charge is 0.405 e. The molecule has 2 aromatic rings. The van der Waals surface area contributed by atoms with Gasteiger partial charge in [0.2, 0.25) is 5.91 Å². The Morgan fingerprint density at radius 2 is 1.75 bits per heavy atom. The highest BCUT2D eigenvalue weighted by atomic mass is 35.5. The molecule has 0 radical (unpaired) electrons. The zero-order chi connectivity index (χ0) is 20.1. The van der Waals surface area contributed by atoms with E-state index in [0.717, 1.165) is 11.3 Å². The van der Waals surface area contributed by atoms with Gasteiger partial charge >= 0.3 is 6.09 Å². The summed E-state index contributed by atoms with van der Waals surface area (Å²) in [6, 6.07) is 14.6.